The molecule has 0 amide bonds. The lowest BCUT2D eigenvalue weighted by atomic mass is 10.2. The van der Waals surface area contributed by atoms with Crippen LogP contribution in [-0.4, -0.2) is 21.9 Å². The molecule has 1 heterocycles. The molecule has 1 rings (SSSR count). The Morgan fingerprint density at radius 3 is 2.73 bits per heavy atom. The predicted molar refractivity (Wildman–Crippen MR) is 38.8 cm³/mol. The number of aliphatic carboxylic acids is 1. The van der Waals surface area contributed by atoms with Gasteiger partial charge in [0.1, 0.15) is 5.16 Å². The molecule has 0 bridgehead atoms. The molecular formula is C6H6ClNO3. The Hall–Kier alpha value is -1.00. The fourth-order valence-electron chi connectivity index (χ4n) is 0.662. The first-order valence-electron chi connectivity index (χ1n) is 2.83. The van der Waals surface area contributed by atoms with E-state index in [1.807, 2.05) is 0 Å². The van der Waals surface area contributed by atoms with Crippen molar-refractivity contribution in [2.75, 3.05) is 0 Å². The van der Waals surface area contributed by atoms with Crippen LogP contribution in [0.4, 0.5) is 0 Å². The van der Waals surface area contributed by atoms with Crippen LogP contribution in [0.25, 0.3) is 0 Å². The number of nitrogens with one attached hydrogen (secondary N) is 1. The summed E-state index contributed by atoms with van der Waals surface area (Å²) in [4.78, 5) is 10.4. The minimum Gasteiger partial charge on any atom is -0.477 e. The summed E-state index contributed by atoms with van der Waals surface area (Å²) in [6.07, 6.45) is 3.91. The maximum absolute atomic E-state index is 10.4. The summed E-state index contributed by atoms with van der Waals surface area (Å²) in [5, 5.41) is 19.9. The van der Waals surface area contributed by atoms with Crippen LogP contribution in [-0.2, 0) is 4.79 Å². The van der Waals surface area contributed by atoms with Crippen molar-refractivity contribution in [1.29, 1.82) is 0 Å². The summed E-state index contributed by atoms with van der Waals surface area (Å²) in [7, 11) is 0. The number of aliphatic hydroxyl groups is 1. The Morgan fingerprint density at radius 1 is 1.73 bits per heavy atom. The van der Waals surface area contributed by atoms with Gasteiger partial charge in [0.05, 0.1) is 0 Å². The van der Waals surface area contributed by atoms with Crippen molar-refractivity contribution < 1.29 is 15.0 Å². The summed E-state index contributed by atoms with van der Waals surface area (Å²) in [5.74, 6) is -1.39. The van der Waals surface area contributed by atoms with Crippen LogP contribution in [0.3, 0.4) is 0 Å². The van der Waals surface area contributed by atoms with Crippen molar-refractivity contribution in [3.8, 4) is 0 Å². The van der Waals surface area contributed by atoms with Gasteiger partial charge < -0.3 is 15.5 Å². The van der Waals surface area contributed by atoms with E-state index in [1.165, 1.54) is 12.2 Å². The van der Waals surface area contributed by atoms with Gasteiger partial charge in [-0.3, -0.25) is 0 Å². The van der Waals surface area contributed by atoms with Crippen LogP contribution in [0.15, 0.2) is 23.4 Å². The van der Waals surface area contributed by atoms with Gasteiger partial charge in [-0.15, -0.1) is 0 Å². The van der Waals surface area contributed by atoms with E-state index in [9.17, 15) is 9.90 Å². The molecule has 60 valence electrons. The van der Waals surface area contributed by atoms with Crippen LogP contribution in [0.1, 0.15) is 0 Å². The molecule has 1 unspecified atom stereocenters. The van der Waals surface area contributed by atoms with E-state index in [4.69, 9.17) is 16.7 Å². The van der Waals surface area contributed by atoms with Crippen molar-refractivity contribution in [2.45, 2.75) is 5.72 Å². The second-order valence-electron chi connectivity index (χ2n) is 2.07. The number of dihydropyridines is 1. The van der Waals surface area contributed by atoms with Gasteiger partial charge >= 0.3 is 5.97 Å². The van der Waals surface area contributed by atoms with Gasteiger partial charge in [-0.1, -0.05) is 17.7 Å². The number of allylic oxidation sites excluding steroid dienone is 2. The Bertz CT molecular complexity index is 248. The summed E-state index contributed by atoms with van der Waals surface area (Å²) < 4.78 is 0. The molecule has 4 nitrogen and oxygen atoms in total. The first-order valence-corrected chi connectivity index (χ1v) is 3.21. The maximum atomic E-state index is 10.4. The molecule has 1 aliphatic rings. The number of carboxylic acid groups (broad SMARTS) is 1. The van der Waals surface area contributed by atoms with Crippen molar-refractivity contribution in [3.63, 3.8) is 0 Å². The molecule has 11 heavy (non-hydrogen) atoms. The number of carboxylic acids is 1. The average Bonchev–Trinajstić information content (AvgIpc) is 1.86. The predicted octanol–water partition coefficient (Wildman–Crippen LogP) is -0.000800. The highest BCUT2D eigenvalue weighted by Crippen LogP contribution is 2.13. The molecule has 0 aromatic carbocycles. The van der Waals surface area contributed by atoms with Crippen LogP contribution in [0.5, 0.6) is 0 Å². The van der Waals surface area contributed by atoms with E-state index in [-0.39, 0.29) is 5.16 Å². The third kappa shape index (κ3) is 1.53. The molecule has 0 aromatic rings. The molecular weight excluding hydrogens is 170 g/mol. The summed E-state index contributed by atoms with van der Waals surface area (Å²) >= 11 is 5.42. The molecule has 3 N–H and O–H groups in total. The third-order valence-electron chi connectivity index (χ3n) is 1.22. The number of hydrogen-bond donors (Lipinski definition) is 3. The SMILES string of the molecule is O=C(O)C1(O)C=CC=C(Cl)N1. The lowest BCUT2D eigenvalue weighted by Gasteiger charge is -2.23. The number of hydrogen-bond acceptors (Lipinski definition) is 3. The van der Waals surface area contributed by atoms with Crippen molar-refractivity contribution in [2.24, 2.45) is 0 Å². The van der Waals surface area contributed by atoms with Gasteiger partial charge in [0.25, 0.3) is 5.72 Å². The van der Waals surface area contributed by atoms with Crippen molar-refractivity contribution >= 4 is 17.6 Å². The molecule has 0 fully saturated rings. The highest BCUT2D eigenvalue weighted by Gasteiger charge is 2.34. The van der Waals surface area contributed by atoms with Crippen molar-refractivity contribution in [3.05, 3.63) is 23.4 Å². The number of halogens is 1. The second-order valence-corrected chi connectivity index (χ2v) is 2.48. The van der Waals surface area contributed by atoms with Crippen LogP contribution >= 0.6 is 11.6 Å². The smallest absolute Gasteiger partial charge is 0.361 e. The van der Waals surface area contributed by atoms with Gasteiger partial charge in [0, 0.05) is 0 Å². The molecule has 0 saturated carbocycles. The monoisotopic (exact) mass is 175 g/mol. The fraction of sp³-hybridized carbons (Fsp3) is 0.167. The van der Waals surface area contributed by atoms with Crippen LogP contribution < -0.4 is 5.32 Å². The molecule has 0 aliphatic carbocycles. The fourth-order valence-corrected chi connectivity index (χ4v) is 0.879. The third-order valence-corrected chi connectivity index (χ3v) is 1.44. The van der Waals surface area contributed by atoms with Crippen LogP contribution in [0, 0.1) is 0 Å². The Balaban J connectivity index is 2.86. The summed E-state index contributed by atoms with van der Waals surface area (Å²) in [6, 6.07) is 0. The zero-order valence-electron chi connectivity index (χ0n) is 5.41. The largest absolute Gasteiger partial charge is 0.477 e. The zero-order chi connectivity index (χ0) is 8.48. The first kappa shape index (κ1) is 8.10. The summed E-state index contributed by atoms with van der Waals surface area (Å²) in [5.41, 5.74) is -2.06. The van der Waals surface area contributed by atoms with E-state index in [0.717, 1.165) is 6.08 Å². The van der Waals surface area contributed by atoms with E-state index in [0.29, 0.717) is 0 Å². The minimum absolute atomic E-state index is 0.0948. The lowest BCUT2D eigenvalue weighted by molar-refractivity contribution is -0.155. The van der Waals surface area contributed by atoms with E-state index < -0.39 is 11.7 Å². The Labute approximate surface area is 67.8 Å². The normalized spacial score (nSPS) is 29.1. The van der Waals surface area contributed by atoms with Gasteiger partial charge in [-0.25, -0.2) is 4.79 Å². The lowest BCUT2D eigenvalue weighted by Crippen LogP contribution is -2.50. The number of rotatable bonds is 1. The molecule has 1 aliphatic heterocycles. The second kappa shape index (κ2) is 2.56. The van der Waals surface area contributed by atoms with Gasteiger partial charge in [0.2, 0.25) is 0 Å². The summed E-state index contributed by atoms with van der Waals surface area (Å²) in [6.45, 7) is 0. The molecule has 1 atom stereocenters. The van der Waals surface area contributed by atoms with Gasteiger partial charge in [0.15, 0.2) is 0 Å². The first-order chi connectivity index (χ1) is 5.04. The Kier molecular flexibility index (Phi) is 1.89. The standard InChI is InChI=1S/C6H6ClNO3/c7-4-2-1-3-6(11,8-4)5(9)10/h1-3,8,11H,(H,9,10). The topological polar surface area (TPSA) is 69.6 Å². The van der Waals surface area contributed by atoms with E-state index >= 15 is 0 Å². The maximum Gasteiger partial charge on any atom is 0.361 e. The van der Waals surface area contributed by atoms with E-state index in [2.05, 4.69) is 5.32 Å². The van der Waals surface area contributed by atoms with Gasteiger partial charge in [-0.2, -0.15) is 0 Å². The molecule has 5 heteroatoms. The highest BCUT2D eigenvalue weighted by atomic mass is 35.5. The van der Waals surface area contributed by atoms with E-state index in [1.54, 1.807) is 0 Å². The van der Waals surface area contributed by atoms with Crippen LogP contribution in [0.2, 0.25) is 0 Å². The molecule has 0 aromatic heterocycles. The minimum atomic E-state index is -2.06. The average molecular weight is 176 g/mol. The van der Waals surface area contributed by atoms with Gasteiger partial charge in [-0.05, 0) is 12.2 Å². The highest BCUT2D eigenvalue weighted by molar-refractivity contribution is 6.29. The molecule has 0 spiro atoms. The number of carbonyl (C=O) groups is 1. The van der Waals surface area contributed by atoms with Crippen molar-refractivity contribution in [1.82, 2.24) is 5.32 Å². The zero-order valence-corrected chi connectivity index (χ0v) is 6.17. The Morgan fingerprint density at radius 2 is 2.36 bits per heavy atom. The molecule has 0 saturated heterocycles. The quantitative estimate of drug-likeness (QED) is 0.491. The molecule has 0 radical (unpaired) electrons.